The largest absolute Gasteiger partial charge is 0.299 e. The highest BCUT2D eigenvalue weighted by molar-refractivity contribution is 6.31. The van der Waals surface area contributed by atoms with Crippen molar-refractivity contribution < 1.29 is 9.18 Å². The Morgan fingerprint density at radius 2 is 1.86 bits per heavy atom. The molecule has 0 saturated carbocycles. The van der Waals surface area contributed by atoms with Gasteiger partial charge < -0.3 is 0 Å². The minimum absolute atomic E-state index is 0.134. The van der Waals surface area contributed by atoms with Crippen LogP contribution in [0.1, 0.15) is 34.5 Å². The number of hydrogen-bond donors (Lipinski definition) is 0. The third kappa shape index (κ3) is 5.08. The van der Waals surface area contributed by atoms with Gasteiger partial charge in [-0.3, -0.25) is 9.48 Å². The summed E-state index contributed by atoms with van der Waals surface area (Å²) in [5.74, 6) is -0.233. The summed E-state index contributed by atoms with van der Waals surface area (Å²) >= 11 is 6.05. The standard InChI is InChI=1S/C23H24ClFN2O/c1-16-22(15-21(28)11-9-19-8-10-20(25)14-23(19)24)17(2)27(26-16)13-12-18-6-4-3-5-7-18/h3-8,10,14H,9,11-13,15H2,1-2H3. The fraction of sp³-hybridized carbons (Fsp3) is 0.304. The van der Waals surface area contributed by atoms with Crippen molar-refractivity contribution in [1.29, 1.82) is 0 Å². The molecule has 0 aliphatic rings. The van der Waals surface area contributed by atoms with E-state index in [1.807, 2.05) is 36.7 Å². The third-order valence-electron chi connectivity index (χ3n) is 5.05. The van der Waals surface area contributed by atoms with Crippen LogP contribution < -0.4 is 0 Å². The zero-order valence-corrected chi connectivity index (χ0v) is 17.0. The van der Waals surface area contributed by atoms with Gasteiger partial charge in [0.05, 0.1) is 5.69 Å². The lowest BCUT2D eigenvalue weighted by atomic mass is 10.0. The van der Waals surface area contributed by atoms with E-state index in [1.54, 1.807) is 6.07 Å². The number of carbonyl (C=O) groups is 1. The molecule has 0 amide bonds. The lowest BCUT2D eigenvalue weighted by Crippen LogP contribution is -2.08. The molecule has 0 N–H and O–H groups in total. The van der Waals surface area contributed by atoms with E-state index in [1.165, 1.54) is 17.7 Å². The zero-order chi connectivity index (χ0) is 20.1. The first-order valence-electron chi connectivity index (χ1n) is 9.46. The third-order valence-corrected chi connectivity index (χ3v) is 5.40. The first kappa shape index (κ1) is 20.3. The normalized spacial score (nSPS) is 11.0. The molecular weight excluding hydrogens is 375 g/mol. The van der Waals surface area contributed by atoms with E-state index in [4.69, 9.17) is 11.6 Å². The number of carbonyl (C=O) groups excluding carboxylic acids is 1. The number of aromatic nitrogens is 2. The van der Waals surface area contributed by atoms with Crippen LogP contribution in [0.5, 0.6) is 0 Å². The Morgan fingerprint density at radius 1 is 1.11 bits per heavy atom. The van der Waals surface area contributed by atoms with Gasteiger partial charge in [-0.15, -0.1) is 0 Å². The van der Waals surface area contributed by atoms with Crippen molar-refractivity contribution in [2.45, 2.75) is 46.1 Å². The summed E-state index contributed by atoms with van der Waals surface area (Å²) in [6.45, 7) is 4.76. The lowest BCUT2D eigenvalue weighted by Gasteiger charge is -2.07. The van der Waals surface area contributed by atoms with Gasteiger partial charge in [-0.1, -0.05) is 48.0 Å². The van der Waals surface area contributed by atoms with E-state index in [-0.39, 0.29) is 11.6 Å². The highest BCUT2D eigenvalue weighted by Crippen LogP contribution is 2.20. The minimum atomic E-state index is -0.366. The zero-order valence-electron chi connectivity index (χ0n) is 16.2. The van der Waals surface area contributed by atoms with Crippen LogP contribution >= 0.6 is 11.6 Å². The van der Waals surface area contributed by atoms with Crippen molar-refractivity contribution in [3.8, 4) is 0 Å². The van der Waals surface area contributed by atoms with Crippen molar-refractivity contribution in [2.24, 2.45) is 0 Å². The van der Waals surface area contributed by atoms with Gasteiger partial charge in [0.25, 0.3) is 0 Å². The molecule has 2 aromatic carbocycles. The Kier molecular flexibility index (Phi) is 6.63. The number of halogens is 2. The van der Waals surface area contributed by atoms with Gasteiger partial charge in [0.1, 0.15) is 11.6 Å². The SMILES string of the molecule is Cc1nn(CCc2ccccc2)c(C)c1CC(=O)CCc1ccc(F)cc1Cl. The van der Waals surface area contributed by atoms with Crippen LogP contribution in [0.2, 0.25) is 5.02 Å². The van der Waals surface area contributed by atoms with E-state index < -0.39 is 0 Å². The molecule has 0 fully saturated rings. The Labute approximate surface area is 170 Å². The van der Waals surface area contributed by atoms with Crippen LogP contribution in [0, 0.1) is 19.7 Å². The first-order chi connectivity index (χ1) is 13.4. The van der Waals surface area contributed by atoms with Gasteiger partial charge in [-0.05, 0) is 49.9 Å². The number of nitrogens with zero attached hydrogens (tertiary/aromatic N) is 2. The topological polar surface area (TPSA) is 34.9 Å². The van der Waals surface area contributed by atoms with E-state index in [9.17, 15) is 9.18 Å². The molecule has 1 heterocycles. The van der Waals surface area contributed by atoms with E-state index in [0.717, 1.165) is 35.5 Å². The van der Waals surface area contributed by atoms with Gasteiger partial charge in [0.15, 0.2) is 0 Å². The fourth-order valence-electron chi connectivity index (χ4n) is 3.37. The Hall–Kier alpha value is -2.46. The molecule has 3 aromatic rings. The van der Waals surface area contributed by atoms with Gasteiger partial charge in [-0.2, -0.15) is 5.10 Å². The summed E-state index contributed by atoms with van der Waals surface area (Å²) < 4.78 is 15.1. The molecule has 0 bridgehead atoms. The highest BCUT2D eigenvalue weighted by Gasteiger charge is 2.15. The maximum Gasteiger partial charge on any atom is 0.137 e. The number of benzene rings is 2. The van der Waals surface area contributed by atoms with Crippen LogP contribution in [0.4, 0.5) is 4.39 Å². The summed E-state index contributed by atoms with van der Waals surface area (Å²) in [7, 11) is 0. The molecule has 0 unspecified atom stereocenters. The Bertz CT molecular complexity index is 966. The van der Waals surface area contributed by atoms with Crippen LogP contribution in [-0.2, 0) is 30.6 Å². The molecule has 0 saturated heterocycles. The van der Waals surface area contributed by atoms with Gasteiger partial charge in [-0.25, -0.2) is 4.39 Å². The van der Waals surface area contributed by atoms with Crippen molar-refractivity contribution in [3.63, 3.8) is 0 Å². The highest BCUT2D eigenvalue weighted by atomic mass is 35.5. The lowest BCUT2D eigenvalue weighted by molar-refractivity contribution is -0.118. The summed E-state index contributed by atoms with van der Waals surface area (Å²) in [5, 5.41) is 4.99. The summed E-state index contributed by atoms with van der Waals surface area (Å²) in [6.07, 6.45) is 2.15. The number of ketones is 1. The van der Waals surface area contributed by atoms with Gasteiger partial charge in [0, 0.05) is 35.7 Å². The van der Waals surface area contributed by atoms with Crippen LogP contribution in [0.3, 0.4) is 0 Å². The number of Topliss-reactive ketones (excluding diaryl/α,β-unsaturated/α-hetero) is 1. The predicted octanol–water partition coefficient (Wildman–Crippen LogP) is 5.28. The minimum Gasteiger partial charge on any atom is -0.299 e. The first-order valence-corrected chi connectivity index (χ1v) is 9.84. The van der Waals surface area contributed by atoms with Crippen molar-refractivity contribution in [1.82, 2.24) is 9.78 Å². The van der Waals surface area contributed by atoms with Crippen LogP contribution in [0.15, 0.2) is 48.5 Å². The second-order valence-electron chi connectivity index (χ2n) is 7.06. The molecule has 0 atom stereocenters. The Morgan fingerprint density at radius 3 is 2.57 bits per heavy atom. The average Bonchev–Trinajstić information content (AvgIpc) is 2.94. The second kappa shape index (κ2) is 9.16. The summed E-state index contributed by atoms with van der Waals surface area (Å²) in [4.78, 5) is 12.5. The number of aryl methyl sites for hydroxylation is 4. The van der Waals surface area contributed by atoms with Gasteiger partial charge >= 0.3 is 0 Å². The fourth-order valence-corrected chi connectivity index (χ4v) is 3.63. The molecule has 0 aliphatic heterocycles. The average molecular weight is 399 g/mol. The Balaban J connectivity index is 1.60. The molecule has 3 rings (SSSR count). The van der Waals surface area contributed by atoms with Gasteiger partial charge in [0.2, 0.25) is 0 Å². The predicted molar refractivity (Wildman–Crippen MR) is 110 cm³/mol. The van der Waals surface area contributed by atoms with Crippen molar-refractivity contribution in [3.05, 3.63) is 87.4 Å². The van der Waals surface area contributed by atoms with Crippen LogP contribution in [0.25, 0.3) is 0 Å². The van der Waals surface area contributed by atoms with E-state index >= 15 is 0 Å². The molecule has 0 spiro atoms. The molecule has 1 aromatic heterocycles. The monoisotopic (exact) mass is 398 g/mol. The second-order valence-corrected chi connectivity index (χ2v) is 7.47. The van der Waals surface area contributed by atoms with Crippen molar-refractivity contribution >= 4 is 17.4 Å². The molecule has 5 heteroatoms. The maximum atomic E-state index is 13.1. The molecular formula is C23H24ClFN2O. The number of rotatable bonds is 8. The van der Waals surface area contributed by atoms with E-state index in [0.29, 0.717) is 24.3 Å². The quantitative estimate of drug-likeness (QED) is 0.517. The van der Waals surface area contributed by atoms with Crippen molar-refractivity contribution in [2.75, 3.05) is 0 Å². The molecule has 0 aliphatic carbocycles. The number of hydrogen-bond acceptors (Lipinski definition) is 2. The molecule has 146 valence electrons. The smallest absolute Gasteiger partial charge is 0.137 e. The summed E-state index contributed by atoms with van der Waals surface area (Å²) in [6, 6.07) is 14.6. The molecule has 28 heavy (non-hydrogen) atoms. The molecule has 0 radical (unpaired) electrons. The maximum absolute atomic E-state index is 13.1. The van der Waals surface area contributed by atoms with E-state index in [2.05, 4.69) is 17.2 Å². The van der Waals surface area contributed by atoms with Crippen LogP contribution in [-0.4, -0.2) is 15.6 Å². The summed E-state index contributed by atoms with van der Waals surface area (Å²) in [5.41, 5.74) is 5.01. The molecule has 3 nitrogen and oxygen atoms in total.